The number of fused-ring (bicyclic) bond motifs is 3. The monoisotopic (exact) mass is 271 g/mol. The largest absolute Gasteiger partial charge is 0.354 e. The molecule has 0 saturated heterocycles. The minimum Gasteiger partial charge on any atom is -0.354 e. The summed E-state index contributed by atoms with van der Waals surface area (Å²) in [6.45, 7) is 6.09. The maximum absolute atomic E-state index is 12.2. The van der Waals surface area contributed by atoms with Crippen LogP contribution in [-0.2, 0) is 17.6 Å². The fourth-order valence-electron chi connectivity index (χ4n) is 2.94. The molecule has 0 aliphatic heterocycles. The van der Waals surface area contributed by atoms with Crippen molar-refractivity contribution in [3.8, 4) is 0 Å². The summed E-state index contributed by atoms with van der Waals surface area (Å²) < 4.78 is 2.15. The van der Waals surface area contributed by atoms with Gasteiger partial charge in [0.2, 0.25) is 5.91 Å². The van der Waals surface area contributed by atoms with Gasteiger partial charge in [0.1, 0.15) is 5.65 Å². The molecule has 1 aliphatic rings. The number of carbonyl (C=O) groups is 1. The zero-order valence-corrected chi connectivity index (χ0v) is 12.3. The summed E-state index contributed by atoms with van der Waals surface area (Å²) in [6, 6.07) is 4.33. The predicted molar refractivity (Wildman–Crippen MR) is 78.7 cm³/mol. The summed E-state index contributed by atoms with van der Waals surface area (Å²) in [5.74, 6) is 0.249. The minimum absolute atomic E-state index is 0.0744. The van der Waals surface area contributed by atoms with Crippen molar-refractivity contribution >= 4 is 11.6 Å². The average Bonchev–Trinajstić information content (AvgIpc) is 2.75. The molecule has 1 atom stereocenters. The summed E-state index contributed by atoms with van der Waals surface area (Å²) in [6.07, 6.45) is 4.70. The van der Waals surface area contributed by atoms with Crippen molar-refractivity contribution in [3.05, 3.63) is 35.3 Å². The third kappa shape index (κ3) is 2.30. The van der Waals surface area contributed by atoms with Crippen molar-refractivity contribution in [1.82, 2.24) is 14.7 Å². The maximum Gasteiger partial charge on any atom is 0.223 e. The maximum atomic E-state index is 12.2. The molecule has 2 aromatic rings. The molecule has 1 aliphatic carbocycles. The molecule has 2 aromatic heterocycles. The Labute approximate surface area is 119 Å². The van der Waals surface area contributed by atoms with Gasteiger partial charge in [0.05, 0.1) is 5.69 Å². The van der Waals surface area contributed by atoms with E-state index in [-0.39, 0.29) is 17.9 Å². The molecule has 0 saturated carbocycles. The Balaban J connectivity index is 1.92. The molecule has 20 heavy (non-hydrogen) atoms. The smallest absolute Gasteiger partial charge is 0.223 e. The molecule has 4 nitrogen and oxygen atoms in total. The zero-order valence-electron chi connectivity index (χ0n) is 12.3. The lowest BCUT2D eigenvalue weighted by atomic mass is 9.89. The first-order chi connectivity index (χ1) is 9.54. The van der Waals surface area contributed by atoms with E-state index >= 15 is 0 Å². The highest BCUT2D eigenvalue weighted by Gasteiger charge is 2.28. The number of amides is 1. The van der Waals surface area contributed by atoms with E-state index in [0.717, 1.165) is 30.6 Å². The second-order valence-corrected chi connectivity index (χ2v) is 6.04. The number of hydrogen-bond donors (Lipinski definition) is 1. The number of pyridine rings is 1. The van der Waals surface area contributed by atoms with Crippen molar-refractivity contribution in [2.75, 3.05) is 0 Å². The molecule has 1 unspecified atom stereocenters. The van der Waals surface area contributed by atoms with Crippen molar-refractivity contribution in [2.45, 2.75) is 46.1 Å². The summed E-state index contributed by atoms with van der Waals surface area (Å²) in [4.78, 5) is 16.9. The Hall–Kier alpha value is -1.84. The van der Waals surface area contributed by atoms with E-state index in [9.17, 15) is 4.79 Å². The highest BCUT2D eigenvalue weighted by Crippen LogP contribution is 2.26. The lowest BCUT2D eigenvalue weighted by Crippen LogP contribution is -2.38. The topological polar surface area (TPSA) is 46.4 Å². The van der Waals surface area contributed by atoms with Gasteiger partial charge in [-0.05, 0) is 45.2 Å². The van der Waals surface area contributed by atoms with Crippen molar-refractivity contribution in [1.29, 1.82) is 0 Å². The second kappa shape index (κ2) is 4.93. The molecular formula is C16H21N3O. The van der Waals surface area contributed by atoms with Crippen LogP contribution in [0.2, 0.25) is 0 Å². The Morgan fingerprint density at radius 1 is 1.45 bits per heavy atom. The van der Waals surface area contributed by atoms with Gasteiger partial charge in [-0.1, -0.05) is 6.07 Å². The van der Waals surface area contributed by atoms with Crippen LogP contribution in [0.15, 0.2) is 18.3 Å². The van der Waals surface area contributed by atoms with Gasteiger partial charge in [-0.2, -0.15) is 0 Å². The number of hydrogen-bond acceptors (Lipinski definition) is 2. The van der Waals surface area contributed by atoms with Gasteiger partial charge >= 0.3 is 0 Å². The quantitative estimate of drug-likeness (QED) is 0.910. The molecule has 1 N–H and O–H groups in total. The van der Waals surface area contributed by atoms with Gasteiger partial charge in [-0.25, -0.2) is 4.98 Å². The predicted octanol–water partition coefficient (Wildman–Crippen LogP) is 2.27. The van der Waals surface area contributed by atoms with Crippen LogP contribution in [-0.4, -0.2) is 21.3 Å². The van der Waals surface area contributed by atoms with E-state index in [2.05, 4.69) is 40.0 Å². The second-order valence-electron chi connectivity index (χ2n) is 6.04. The summed E-state index contributed by atoms with van der Waals surface area (Å²) in [7, 11) is 0. The van der Waals surface area contributed by atoms with Crippen LogP contribution in [0.5, 0.6) is 0 Å². The van der Waals surface area contributed by atoms with Crippen LogP contribution in [0.1, 0.15) is 37.2 Å². The van der Waals surface area contributed by atoms with E-state index in [1.807, 2.05) is 13.8 Å². The molecular weight excluding hydrogens is 250 g/mol. The number of carbonyl (C=O) groups excluding carboxylic acids is 1. The number of rotatable bonds is 2. The first-order valence-electron chi connectivity index (χ1n) is 7.31. The van der Waals surface area contributed by atoms with Crippen LogP contribution in [0, 0.1) is 12.8 Å². The van der Waals surface area contributed by atoms with Crippen LogP contribution >= 0.6 is 0 Å². The third-order valence-electron chi connectivity index (χ3n) is 3.92. The van der Waals surface area contributed by atoms with E-state index in [1.54, 1.807) is 0 Å². The number of nitrogens with zero attached hydrogens (tertiary/aromatic N) is 2. The van der Waals surface area contributed by atoms with Gasteiger partial charge in [-0.3, -0.25) is 4.79 Å². The average molecular weight is 271 g/mol. The Bertz CT molecular complexity index is 657. The van der Waals surface area contributed by atoms with Crippen LogP contribution in [0.3, 0.4) is 0 Å². The first kappa shape index (κ1) is 13.2. The zero-order chi connectivity index (χ0) is 14.3. The van der Waals surface area contributed by atoms with Crippen molar-refractivity contribution in [2.24, 2.45) is 5.92 Å². The van der Waals surface area contributed by atoms with Gasteiger partial charge in [0.25, 0.3) is 0 Å². The minimum atomic E-state index is 0.0744. The standard InChI is InChI=1S/C16H21N3O/c1-10(2)17-16(20)12-5-6-13-14(8-12)19-9-11(3)4-7-15(19)18-13/h4,7,9-10,12H,5-6,8H2,1-3H3,(H,17,20). The lowest BCUT2D eigenvalue weighted by Gasteiger charge is -2.22. The number of imidazole rings is 1. The molecule has 3 rings (SSSR count). The lowest BCUT2D eigenvalue weighted by molar-refractivity contribution is -0.125. The van der Waals surface area contributed by atoms with E-state index in [0.29, 0.717) is 0 Å². The van der Waals surface area contributed by atoms with Crippen molar-refractivity contribution < 1.29 is 4.79 Å². The molecule has 0 radical (unpaired) electrons. The number of aryl methyl sites for hydroxylation is 2. The Kier molecular flexibility index (Phi) is 3.24. The van der Waals surface area contributed by atoms with E-state index < -0.39 is 0 Å². The van der Waals surface area contributed by atoms with Gasteiger partial charge < -0.3 is 9.72 Å². The fraction of sp³-hybridized carbons (Fsp3) is 0.500. The molecule has 2 heterocycles. The Morgan fingerprint density at radius 2 is 2.25 bits per heavy atom. The molecule has 0 aromatic carbocycles. The van der Waals surface area contributed by atoms with Crippen LogP contribution in [0.4, 0.5) is 0 Å². The molecule has 1 amide bonds. The molecule has 0 bridgehead atoms. The van der Waals surface area contributed by atoms with Gasteiger partial charge in [0.15, 0.2) is 0 Å². The fourth-order valence-corrected chi connectivity index (χ4v) is 2.94. The summed E-state index contributed by atoms with van der Waals surface area (Å²) >= 11 is 0. The Morgan fingerprint density at radius 3 is 3.00 bits per heavy atom. The van der Waals surface area contributed by atoms with Crippen LogP contribution in [0.25, 0.3) is 5.65 Å². The number of aromatic nitrogens is 2. The number of nitrogens with one attached hydrogen (secondary N) is 1. The molecule has 4 heteroatoms. The van der Waals surface area contributed by atoms with E-state index in [1.165, 1.54) is 11.3 Å². The first-order valence-corrected chi connectivity index (χ1v) is 7.31. The normalized spacial score (nSPS) is 18.3. The molecule has 0 fully saturated rings. The van der Waals surface area contributed by atoms with Crippen molar-refractivity contribution in [3.63, 3.8) is 0 Å². The van der Waals surface area contributed by atoms with Gasteiger partial charge in [-0.15, -0.1) is 0 Å². The highest BCUT2D eigenvalue weighted by molar-refractivity contribution is 5.79. The van der Waals surface area contributed by atoms with E-state index in [4.69, 9.17) is 0 Å². The third-order valence-corrected chi connectivity index (χ3v) is 3.92. The molecule has 106 valence electrons. The van der Waals surface area contributed by atoms with Gasteiger partial charge in [0, 0.05) is 30.3 Å². The SMILES string of the molecule is Cc1ccc2nc3c(n2c1)CC(C(=O)NC(C)C)CC3. The molecule has 0 spiro atoms. The van der Waals surface area contributed by atoms with Crippen LogP contribution < -0.4 is 5.32 Å². The summed E-state index contributed by atoms with van der Waals surface area (Å²) in [5, 5.41) is 3.03. The summed E-state index contributed by atoms with van der Waals surface area (Å²) in [5.41, 5.74) is 4.57. The highest BCUT2D eigenvalue weighted by atomic mass is 16.1.